The molecular weight excluding hydrogens is 194 g/mol. The summed E-state index contributed by atoms with van der Waals surface area (Å²) in [6, 6.07) is 0.659. The number of methoxy groups -OCH3 is 1. The van der Waals surface area contributed by atoms with Crippen molar-refractivity contribution >= 4 is 0 Å². The minimum absolute atomic E-state index is 0.133. The molecule has 2 unspecified atom stereocenters. The second kappa shape index (κ2) is 5.25. The lowest BCUT2D eigenvalue weighted by Crippen LogP contribution is -2.46. The number of hydrogen-bond acceptors (Lipinski definition) is 4. The lowest BCUT2D eigenvalue weighted by Gasteiger charge is -2.30. The number of ether oxygens (including phenoxy) is 2. The summed E-state index contributed by atoms with van der Waals surface area (Å²) < 4.78 is 10.5. The highest BCUT2D eigenvalue weighted by atomic mass is 16.5. The molecule has 4 nitrogen and oxygen atoms in total. The molecule has 0 bridgehead atoms. The maximum absolute atomic E-state index is 9.61. The Morgan fingerprint density at radius 2 is 1.93 bits per heavy atom. The average Bonchev–Trinajstić information content (AvgIpc) is 2.66. The third-order valence-corrected chi connectivity index (χ3v) is 3.51. The van der Waals surface area contributed by atoms with Crippen LogP contribution in [0.4, 0.5) is 0 Å². The van der Waals surface area contributed by atoms with Gasteiger partial charge < -0.3 is 19.9 Å². The van der Waals surface area contributed by atoms with Crippen LogP contribution in [0, 0.1) is 0 Å². The van der Waals surface area contributed by atoms with Crippen LogP contribution in [0.15, 0.2) is 0 Å². The third-order valence-electron chi connectivity index (χ3n) is 3.51. The largest absolute Gasteiger partial charge is 0.389 e. The predicted octanol–water partition coefficient (Wildman–Crippen LogP) is 0.293. The van der Waals surface area contributed by atoms with Gasteiger partial charge in [-0.3, -0.25) is 0 Å². The lowest BCUT2D eigenvalue weighted by atomic mass is 9.92. The maximum atomic E-state index is 9.61. The molecule has 2 aliphatic rings. The smallest absolute Gasteiger partial charge is 0.0948 e. The van der Waals surface area contributed by atoms with Gasteiger partial charge >= 0.3 is 0 Å². The van der Waals surface area contributed by atoms with Gasteiger partial charge in [0.15, 0.2) is 0 Å². The zero-order valence-electron chi connectivity index (χ0n) is 9.32. The molecule has 4 heteroatoms. The Morgan fingerprint density at radius 3 is 2.47 bits per heavy atom. The predicted molar refractivity (Wildman–Crippen MR) is 56.8 cm³/mol. The second-order valence-corrected chi connectivity index (χ2v) is 4.59. The number of aliphatic hydroxyl groups is 1. The monoisotopic (exact) mass is 215 g/mol. The van der Waals surface area contributed by atoms with Gasteiger partial charge in [0.1, 0.15) is 0 Å². The molecule has 0 aromatic carbocycles. The van der Waals surface area contributed by atoms with Crippen molar-refractivity contribution in [1.82, 2.24) is 5.32 Å². The Hall–Kier alpha value is -0.160. The normalized spacial score (nSPS) is 42.0. The van der Waals surface area contributed by atoms with Crippen LogP contribution in [-0.4, -0.2) is 49.7 Å². The highest BCUT2D eigenvalue weighted by molar-refractivity contribution is 4.86. The van der Waals surface area contributed by atoms with Crippen LogP contribution in [0.5, 0.6) is 0 Å². The van der Waals surface area contributed by atoms with Crippen LogP contribution in [0.25, 0.3) is 0 Å². The van der Waals surface area contributed by atoms with Crippen LogP contribution in [0.1, 0.15) is 25.7 Å². The summed E-state index contributed by atoms with van der Waals surface area (Å²) in [5, 5.41) is 13.1. The Balaban J connectivity index is 1.72. The summed E-state index contributed by atoms with van der Waals surface area (Å²) in [5.41, 5.74) is 0. The molecule has 1 saturated heterocycles. The molecule has 1 saturated carbocycles. The summed E-state index contributed by atoms with van der Waals surface area (Å²) in [6.45, 7) is 1.12. The molecule has 1 heterocycles. The molecule has 88 valence electrons. The van der Waals surface area contributed by atoms with E-state index in [0.717, 1.165) is 25.7 Å². The molecule has 2 atom stereocenters. The second-order valence-electron chi connectivity index (χ2n) is 4.59. The van der Waals surface area contributed by atoms with Crippen LogP contribution in [0.2, 0.25) is 0 Å². The van der Waals surface area contributed by atoms with E-state index in [9.17, 15) is 5.11 Å². The van der Waals surface area contributed by atoms with Crippen molar-refractivity contribution < 1.29 is 14.6 Å². The summed E-state index contributed by atoms with van der Waals surface area (Å²) in [6.07, 6.45) is 4.64. The Labute approximate surface area is 90.9 Å². The van der Waals surface area contributed by atoms with Gasteiger partial charge in [-0.25, -0.2) is 0 Å². The van der Waals surface area contributed by atoms with E-state index in [-0.39, 0.29) is 12.1 Å². The van der Waals surface area contributed by atoms with Crippen molar-refractivity contribution in [3.8, 4) is 0 Å². The summed E-state index contributed by atoms with van der Waals surface area (Å²) in [5.74, 6) is 0. The zero-order chi connectivity index (χ0) is 10.7. The fourth-order valence-corrected chi connectivity index (χ4v) is 2.47. The molecule has 2 N–H and O–H groups in total. The van der Waals surface area contributed by atoms with Gasteiger partial charge in [0.25, 0.3) is 0 Å². The van der Waals surface area contributed by atoms with Gasteiger partial charge in [0.05, 0.1) is 31.5 Å². The summed E-state index contributed by atoms with van der Waals surface area (Å²) in [7, 11) is 1.78. The lowest BCUT2D eigenvalue weighted by molar-refractivity contribution is 0.0581. The molecule has 0 aromatic heterocycles. The molecule has 0 amide bonds. The van der Waals surface area contributed by atoms with E-state index in [1.807, 2.05) is 0 Å². The van der Waals surface area contributed by atoms with E-state index in [1.54, 1.807) is 7.11 Å². The molecular formula is C11H21NO3. The number of aliphatic hydroxyl groups excluding tert-OH is 1. The molecule has 2 rings (SSSR count). The number of nitrogens with one attached hydrogen (secondary N) is 1. The first-order valence-electron chi connectivity index (χ1n) is 5.84. The van der Waals surface area contributed by atoms with Crippen molar-refractivity contribution in [2.75, 3.05) is 20.3 Å². The third kappa shape index (κ3) is 2.91. The quantitative estimate of drug-likeness (QED) is 0.710. The Kier molecular flexibility index (Phi) is 3.97. The Morgan fingerprint density at radius 1 is 1.20 bits per heavy atom. The van der Waals surface area contributed by atoms with E-state index < -0.39 is 0 Å². The molecule has 15 heavy (non-hydrogen) atoms. The van der Waals surface area contributed by atoms with E-state index in [2.05, 4.69) is 5.32 Å². The van der Waals surface area contributed by atoms with E-state index >= 15 is 0 Å². The van der Waals surface area contributed by atoms with Crippen LogP contribution in [-0.2, 0) is 9.47 Å². The minimum atomic E-state index is -0.329. The molecule has 0 radical (unpaired) electrons. The molecule has 1 aliphatic carbocycles. The number of rotatable bonds is 3. The highest BCUT2D eigenvalue weighted by Gasteiger charge is 2.29. The van der Waals surface area contributed by atoms with Gasteiger partial charge in [0, 0.05) is 13.2 Å². The van der Waals surface area contributed by atoms with Crippen LogP contribution >= 0.6 is 0 Å². The number of hydrogen-bond donors (Lipinski definition) is 2. The van der Waals surface area contributed by atoms with Gasteiger partial charge in [-0.15, -0.1) is 0 Å². The van der Waals surface area contributed by atoms with Gasteiger partial charge in [0.2, 0.25) is 0 Å². The summed E-state index contributed by atoms with van der Waals surface area (Å²) in [4.78, 5) is 0. The average molecular weight is 215 g/mol. The first kappa shape index (κ1) is 11.3. The Bertz CT molecular complexity index is 192. The van der Waals surface area contributed by atoms with Crippen molar-refractivity contribution in [2.24, 2.45) is 0 Å². The van der Waals surface area contributed by atoms with Crippen molar-refractivity contribution in [2.45, 2.75) is 50.0 Å². The van der Waals surface area contributed by atoms with Crippen LogP contribution < -0.4 is 5.32 Å². The van der Waals surface area contributed by atoms with E-state index in [0.29, 0.717) is 25.4 Å². The molecule has 2 fully saturated rings. The first-order chi connectivity index (χ1) is 7.29. The van der Waals surface area contributed by atoms with Crippen LogP contribution in [0.3, 0.4) is 0 Å². The zero-order valence-corrected chi connectivity index (χ0v) is 9.32. The van der Waals surface area contributed by atoms with Crippen molar-refractivity contribution in [3.63, 3.8) is 0 Å². The fraction of sp³-hybridized carbons (Fsp3) is 1.00. The highest BCUT2D eigenvalue weighted by Crippen LogP contribution is 2.21. The molecule has 0 aromatic rings. The SMILES string of the molecule is COC1CCC(NC2COCC2O)CC1. The van der Waals surface area contributed by atoms with Crippen molar-refractivity contribution in [3.05, 3.63) is 0 Å². The van der Waals surface area contributed by atoms with Gasteiger partial charge in [-0.1, -0.05) is 0 Å². The maximum Gasteiger partial charge on any atom is 0.0948 e. The molecule has 1 aliphatic heterocycles. The first-order valence-corrected chi connectivity index (χ1v) is 5.84. The standard InChI is InChI=1S/C11H21NO3/c1-14-9-4-2-8(3-5-9)12-10-6-15-7-11(10)13/h8-13H,2-7H2,1H3. The van der Waals surface area contributed by atoms with Gasteiger partial charge in [-0.2, -0.15) is 0 Å². The van der Waals surface area contributed by atoms with Gasteiger partial charge in [-0.05, 0) is 25.7 Å². The van der Waals surface area contributed by atoms with Crippen molar-refractivity contribution in [1.29, 1.82) is 0 Å². The fourth-order valence-electron chi connectivity index (χ4n) is 2.47. The minimum Gasteiger partial charge on any atom is -0.389 e. The van der Waals surface area contributed by atoms with E-state index in [1.165, 1.54) is 0 Å². The molecule has 0 spiro atoms. The summed E-state index contributed by atoms with van der Waals surface area (Å²) >= 11 is 0. The topological polar surface area (TPSA) is 50.7 Å². The van der Waals surface area contributed by atoms with E-state index in [4.69, 9.17) is 9.47 Å².